The predicted octanol–water partition coefficient (Wildman–Crippen LogP) is 1.55. The van der Waals surface area contributed by atoms with Gasteiger partial charge in [0.15, 0.2) is 0 Å². The summed E-state index contributed by atoms with van der Waals surface area (Å²) in [5.41, 5.74) is 0.108. The van der Waals surface area contributed by atoms with Crippen LogP contribution in [0, 0.1) is 0 Å². The largest absolute Gasteiger partial charge is 0.443 e. The number of aromatic nitrogens is 2. The number of anilines is 1. The highest BCUT2D eigenvalue weighted by Crippen LogP contribution is 2.23. The van der Waals surface area contributed by atoms with E-state index in [0.717, 1.165) is 19.2 Å². The lowest BCUT2D eigenvalue weighted by atomic mass is 10.2. The molecule has 130 valence electrons. The van der Waals surface area contributed by atoms with Crippen LogP contribution in [-0.4, -0.2) is 49.1 Å². The fourth-order valence-corrected chi connectivity index (χ4v) is 2.63. The smallest absolute Gasteiger partial charge is 0.417 e. The minimum Gasteiger partial charge on any atom is -0.443 e. The van der Waals surface area contributed by atoms with Gasteiger partial charge in [0.25, 0.3) is 10.1 Å². The molecular weight excluding hydrogens is 322 g/mol. The van der Waals surface area contributed by atoms with Crippen LogP contribution in [0.1, 0.15) is 32.9 Å². The van der Waals surface area contributed by atoms with Crippen LogP contribution < -0.4 is 4.90 Å². The zero-order valence-corrected chi connectivity index (χ0v) is 14.7. The molecule has 1 aliphatic heterocycles. The van der Waals surface area contributed by atoms with Crippen molar-refractivity contribution in [1.29, 1.82) is 0 Å². The average molecular weight is 345 g/mol. The summed E-state index contributed by atoms with van der Waals surface area (Å²) < 4.78 is 33.9. The molecule has 0 spiro atoms. The number of fused-ring (bicyclic) bond motifs is 1. The number of rotatable bonds is 4. The van der Waals surface area contributed by atoms with Crippen molar-refractivity contribution < 1.29 is 22.1 Å². The summed E-state index contributed by atoms with van der Waals surface area (Å²) in [5, 5.41) is 0. The molecule has 0 N–H and O–H groups in total. The summed E-state index contributed by atoms with van der Waals surface area (Å²) in [5.74, 6) is 0.528. The van der Waals surface area contributed by atoms with E-state index in [9.17, 15) is 13.2 Å². The van der Waals surface area contributed by atoms with Gasteiger partial charge in [-0.1, -0.05) is 0 Å². The lowest BCUT2D eigenvalue weighted by molar-refractivity contribution is 0.0572. The normalized spacial score (nSPS) is 15.4. The second-order valence-electron chi connectivity index (χ2n) is 6.49. The van der Waals surface area contributed by atoms with Crippen LogP contribution in [-0.2, 0) is 32.0 Å². The van der Waals surface area contributed by atoms with E-state index in [1.54, 1.807) is 0 Å². The summed E-state index contributed by atoms with van der Waals surface area (Å²) in [4.78, 5) is 18.2. The van der Waals surface area contributed by atoms with Crippen molar-refractivity contribution in [3.63, 3.8) is 0 Å². The number of ether oxygens (including phenoxy) is 1. The fourth-order valence-electron chi connectivity index (χ4n) is 2.25. The van der Waals surface area contributed by atoms with Gasteiger partial charge in [-0.05, 0) is 27.2 Å². The van der Waals surface area contributed by atoms with E-state index in [-0.39, 0.29) is 6.61 Å². The Labute approximate surface area is 136 Å². The fraction of sp³-hybridized carbons (Fsp3) is 0.714. The van der Waals surface area contributed by atoms with Gasteiger partial charge in [0, 0.05) is 25.7 Å². The van der Waals surface area contributed by atoms with Crippen molar-refractivity contribution in [2.24, 2.45) is 0 Å². The third-order valence-corrected chi connectivity index (χ3v) is 3.69. The molecule has 1 aromatic rings. The van der Waals surface area contributed by atoms with Crippen molar-refractivity contribution >= 4 is 22.2 Å². The van der Waals surface area contributed by atoms with Crippen molar-refractivity contribution in [1.82, 2.24) is 9.55 Å². The first kappa shape index (κ1) is 17.7. The number of nitrogens with zero attached hydrogens (tertiary/aromatic N) is 3. The molecule has 8 nitrogen and oxygen atoms in total. The lowest BCUT2D eigenvalue weighted by Crippen LogP contribution is -2.41. The highest BCUT2D eigenvalue weighted by molar-refractivity contribution is 7.85. The molecular formula is C14H23N3O5S. The van der Waals surface area contributed by atoms with Crippen LogP contribution in [0.3, 0.4) is 0 Å². The van der Waals surface area contributed by atoms with Crippen molar-refractivity contribution in [3.8, 4) is 0 Å². The Kier molecular flexibility index (Phi) is 5.00. The van der Waals surface area contributed by atoms with Gasteiger partial charge in [-0.15, -0.1) is 0 Å². The third kappa shape index (κ3) is 5.21. The zero-order chi connectivity index (χ0) is 17.3. The monoisotopic (exact) mass is 345 g/mol. The second kappa shape index (κ2) is 6.48. The minimum atomic E-state index is -3.46. The van der Waals surface area contributed by atoms with Crippen molar-refractivity contribution in [3.05, 3.63) is 11.9 Å². The number of carbonyl (C=O) groups is 1. The van der Waals surface area contributed by atoms with E-state index in [2.05, 4.69) is 4.98 Å². The minimum absolute atomic E-state index is 0.0295. The number of amides is 1. The molecule has 1 aliphatic rings. The van der Waals surface area contributed by atoms with Gasteiger partial charge in [0.2, 0.25) is 5.95 Å². The Morgan fingerprint density at radius 1 is 1.35 bits per heavy atom. The maximum Gasteiger partial charge on any atom is 0.417 e. The van der Waals surface area contributed by atoms with Crippen LogP contribution in [0.4, 0.5) is 10.7 Å². The molecule has 2 rings (SSSR count). The molecule has 1 aromatic heterocycles. The summed E-state index contributed by atoms with van der Waals surface area (Å²) in [6, 6.07) is 0. The van der Waals surface area contributed by atoms with E-state index >= 15 is 0 Å². The summed E-state index contributed by atoms with van der Waals surface area (Å²) in [6.45, 7) is 6.78. The van der Waals surface area contributed by atoms with Crippen molar-refractivity contribution in [2.45, 2.75) is 45.8 Å². The third-order valence-electron chi connectivity index (χ3n) is 3.10. The van der Waals surface area contributed by atoms with Gasteiger partial charge < -0.3 is 9.30 Å². The number of imidazole rings is 1. The number of hydrogen-bond donors (Lipinski definition) is 0. The van der Waals surface area contributed by atoms with Gasteiger partial charge in [0.1, 0.15) is 5.60 Å². The van der Waals surface area contributed by atoms with Crippen molar-refractivity contribution in [2.75, 3.05) is 24.3 Å². The van der Waals surface area contributed by atoms with Crippen LogP contribution in [0.25, 0.3) is 0 Å². The molecule has 0 atom stereocenters. The molecule has 1 amide bonds. The zero-order valence-electron chi connectivity index (χ0n) is 13.9. The summed E-state index contributed by atoms with van der Waals surface area (Å²) in [6.07, 6.45) is 3.56. The number of aryl methyl sites for hydroxylation is 1. The van der Waals surface area contributed by atoms with Gasteiger partial charge in [-0.2, -0.15) is 8.42 Å². The topological polar surface area (TPSA) is 90.7 Å². The predicted molar refractivity (Wildman–Crippen MR) is 84.9 cm³/mol. The van der Waals surface area contributed by atoms with Crippen LogP contribution in [0.15, 0.2) is 6.20 Å². The standard InChI is InChI=1S/C14H23N3O5S/c1-14(2,3)22-13(18)17-8-5-7-16-10-11(15-12(16)17)6-9-21-23(4,19)20/h10H,5-9H2,1-4H3. The Balaban J connectivity index is 2.08. The highest BCUT2D eigenvalue weighted by atomic mass is 32.2. The second-order valence-corrected chi connectivity index (χ2v) is 8.13. The Bertz CT molecular complexity index is 675. The molecule has 0 radical (unpaired) electrons. The van der Waals surface area contributed by atoms with E-state index < -0.39 is 21.8 Å². The maximum absolute atomic E-state index is 12.3. The Morgan fingerprint density at radius 3 is 2.65 bits per heavy atom. The van der Waals surface area contributed by atoms with Gasteiger partial charge in [0.05, 0.1) is 18.6 Å². The molecule has 0 saturated heterocycles. The van der Waals surface area contributed by atoms with Crippen LogP contribution >= 0.6 is 0 Å². The van der Waals surface area contributed by atoms with Gasteiger partial charge >= 0.3 is 6.09 Å². The number of carbonyl (C=O) groups excluding carboxylic acids is 1. The molecule has 0 aliphatic carbocycles. The SMILES string of the molecule is CC(C)(C)OC(=O)N1CCCn2cc(CCOS(C)(=O)=O)nc21. The molecule has 0 fully saturated rings. The van der Waals surface area contributed by atoms with E-state index in [0.29, 0.717) is 24.6 Å². The molecule has 2 heterocycles. The summed E-state index contributed by atoms with van der Waals surface area (Å²) in [7, 11) is -3.46. The first-order valence-electron chi connectivity index (χ1n) is 7.46. The van der Waals surface area contributed by atoms with E-state index in [4.69, 9.17) is 8.92 Å². The average Bonchev–Trinajstić information content (AvgIpc) is 2.77. The Hall–Kier alpha value is -1.61. The van der Waals surface area contributed by atoms with Crippen LogP contribution in [0.2, 0.25) is 0 Å². The van der Waals surface area contributed by atoms with Crippen LogP contribution in [0.5, 0.6) is 0 Å². The molecule has 0 aromatic carbocycles. The van der Waals surface area contributed by atoms with E-state index in [1.165, 1.54) is 4.90 Å². The summed E-state index contributed by atoms with van der Waals surface area (Å²) >= 11 is 0. The first-order valence-corrected chi connectivity index (χ1v) is 9.28. The first-order chi connectivity index (χ1) is 10.6. The van der Waals surface area contributed by atoms with Gasteiger partial charge in [-0.3, -0.25) is 4.18 Å². The molecule has 9 heteroatoms. The maximum atomic E-state index is 12.3. The highest BCUT2D eigenvalue weighted by Gasteiger charge is 2.29. The molecule has 0 bridgehead atoms. The molecule has 23 heavy (non-hydrogen) atoms. The molecule has 0 unspecified atom stereocenters. The molecule has 0 saturated carbocycles. The van der Waals surface area contributed by atoms with Gasteiger partial charge in [-0.25, -0.2) is 14.7 Å². The lowest BCUT2D eigenvalue weighted by Gasteiger charge is -2.29. The van der Waals surface area contributed by atoms with E-state index in [1.807, 2.05) is 31.5 Å². The quantitative estimate of drug-likeness (QED) is 0.769. The number of hydrogen-bond acceptors (Lipinski definition) is 6. The Morgan fingerprint density at radius 2 is 2.04 bits per heavy atom.